The number of hydrogen-bond acceptors (Lipinski definition) is 4. The number of halogens is 2. The van der Waals surface area contributed by atoms with E-state index in [1.807, 2.05) is 6.07 Å². The highest BCUT2D eigenvalue weighted by Gasteiger charge is 2.51. The van der Waals surface area contributed by atoms with Gasteiger partial charge in [-0.2, -0.15) is 4.31 Å². The maximum absolute atomic E-state index is 14.3. The number of carbonyl (C=O) groups excluding carboxylic acids is 1. The van der Waals surface area contributed by atoms with Gasteiger partial charge in [0.05, 0.1) is 18.6 Å². The largest absolute Gasteiger partial charge is 0.379 e. The van der Waals surface area contributed by atoms with Crippen molar-refractivity contribution in [1.29, 1.82) is 0 Å². The van der Waals surface area contributed by atoms with Gasteiger partial charge in [0, 0.05) is 23.8 Å². The van der Waals surface area contributed by atoms with Gasteiger partial charge in [-0.25, -0.2) is 12.8 Å². The lowest BCUT2D eigenvalue weighted by atomic mass is 9.95. The van der Waals surface area contributed by atoms with Crippen molar-refractivity contribution >= 4 is 33.2 Å². The first-order chi connectivity index (χ1) is 13.8. The topological polar surface area (TPSA) is 75.7 Å². The molecule has 0 spiro atoms. The van der Waals surface area contributed by atoms with Gasteiger partial charge < -0.3 is 10.1 Å². The normalized spacial score (nSPS) is 19.0. The molecule has 1 saturated carbocycles. The zero-order chi connectivity index (χ0) is 20.6. The Bertz CT molecular complexity index is 1050. The van der Waals surface area contributed by atoms with E-state index in [1.54, 1.807) is 18.2 Å². The fraction of sp³-hybridized carbons (Fsp3) is 0.350. The number of benzene rings is 2. The summed E-state index contributed by atoms with van der Waals surface area (Å²) in [6.07, 6.45) is 1.33. The molecule has 6 nitrogen and oxygen atoms in total. The zero-order valence-electron chi connectivity index (χ0n) is 15.5. The van der Waals surface area contributed by atoms with E-state index in [1.165, 1.54) is 16.4 Å². The Morgan fingerprint density at radius 3 is 2.52 bits per heavy atom. The highest BCUT2D eigenvalue weighted by molar-refractivity contribution is 7.89. The summed E-state index contributed by atoms with van der Waals surface area (Å²) in [5.74, 6) is -1.12. The molecule has 29 heavy (non-hydrogen) atoms. The number of anilines is 1. The summed E-state index contributed by atoms with van der Waals surface area (Å²) < 4.78 is 46.3. The highest BCUT2D eigenvalue weighted by Crippen LogP contribution is 2.49. The van der Waals surface area contributed by atoms with E-state index >= 15 is 0 Å². The van der Waals surface area contributed by atoms with Crippen LogP contribution in [0.1, 0.15) is 18.4 Å². The van der Waals surface area contributed by atoms with Crippen LogP contribution in [0.5, 0.6) is 0 Å². The molecule has 154 valence electrons. The molecule has 0 unspecified atom stereocenters. The van der Waals surface area contributed by atoms with Crippen molar-refractivity contribution in [3.05, 3.63) is 58.9 Å². The molecular formula is C20H20ClFN2O4S. The van der Waals surface area contributed by atoms with Crippen LogP contribution in [-0.4, -0.2) is 44.9 Å². The summed E-state index contributed by atoms with van der Waals surface area (Å²) in [4.78, 5) is 12.5. The van der Waals surface area contributed by atoms with Gasteiger partial charge in [-0.05, 0) is 48.7 Å². The van der Waals surface area contributed by atoms with Crippen molar-refractivity contribution in [3.63, 3.8) is 0 Å². The Hall–Kier alpha value is -2.00. The van der Waals surface area contributed by atoms with Crippen LogP contribution in [0.25, 0.3) is 0 Å². The van der Waals surface area contributed by atoms with E-state index in [4.69, 9.17) is 16.3 Å². The molecule has 1 N–H and O–H groups in total. The van der Waals surface area contributed by atoms with Crippen molar-refractivity contribution in [2.24, 2.45) is 0 Å². The Morgan fingerprint density at radius 1 is 1.14 bits per heavy atom. The standard InChI is InChI=1S/C20H20ClFN2O4S/c21-15-3-1-2-14(12-15)20(6-7-20)19(25)23-16-4-5-17(22)18(13-16)29(26,27)24-8-10-28-11-9-24/h1-5,12-13H,6-11H2,(H,23,25). The number of ether oxygens (including phenoxy) is 1. The quantitative estimate of drug-likeness (QED) is 0.778. The van der Waals surface area contributed by atoms with Crippen molar-refractivity contribution in [1.82, 2.24) is 4.31 Å². The second kappa shape index (κ2) is 7.68. The van der Waals surface area contributed by atoms with Gasteiger partial charge in [-0.1, -0.05) is 23.7 Å². The number of sulfonamides is 1. The van der Waals surface area contributed by atoms with Crippen LogP contribution < -0.4 is 5.32 Å². The average Bonchev–Trinajstić information content (AvgIpc) is 3.52. The molecule has 1 heterocycles. The number of nitrogens with one attached hydrogen (secondary N) is 1. The summed E-state index contributed by atoms with van der Waals surface area (Å²) in [5.41, 5.74) is 0.352. The van der Waals surface area contributed by atoms with Gasteiger partial charge >= 0.3 is 0 Å². The summed E-state index contributed by atoms with van der Waals surface area (Å²) in [6, 6.07) is 10.7. The van der Waals surface area contributed by atoms with Crippen molar-refractivity contribution in [2.75, 3.05) is 31.6 Å². The minimum Gasteiger partial charge on any atom is -0.379 e. The van der Waals surface area contributed by atoms with Crippen molar-refractivity contribution in [2.45, 2.75) is 23.2 Å². The van der Waals surface area contributed by atoms with Crippen LogP contribution in [0, 0.1) is 5.82 Å². The Kier molecular flexibility index (Phi) is 5.37. The predicted molar refractivity (Wildman–Crippen MR) is 107 cm³/mol. The molecule has 2 aliphatic rings. The van der Waals surface area contributed by atoms with Gasteiger partial charge in [0.1, 0.15) is 10.7 Å². The fourth-order valence-corrected chi connectivity index (χ4v) is 5.20. The minimum atomic E-state index is -4.02. The van der Waals surface area contributed by atoms with Crippen LogP contribution in [0.2, 0.25) is 5.02 Å². The Labute approximate surface area is 173 Å². The van der Waals surface area contributed by atoms with Crippen LogP contribution in [0.3, 0.4) is 0 Å². The molecule has 0 radical (unpaired) electrons. The first-order valence-corrected chi connectivity index (χ1v) is 11.1. The van der Waals surface area contributed by atoms with Crippen LogP contribution in [0.4, 0.5) is 10.1 Å². The lowest BCUT2D eigenvalue weighted by molar-refractivity contribution is -0.118. The number of amides is 1. The highest BCUT2D eigenvalue weighted by atomic mass is 35.5. The monoisotopic (exact) mass is 438 g/mol. The van der Waals surface area contributed by atoms with Gasteiger partial charge in [0.15, 0.2) is 0 Å². The third-order valence-electron chi connectivity index (χ3n) is 5.34. The molecule has 4 rings (SSSR count). The number of hydrogen-bond donors (Lipinski definition) is 1. The van der Waals surface area contributed by atoms with Gasteiger partial charge in [0.2, 0.25) is 15.9 Å². The summed E-state index contributed by atoms with van der Waals surface area (Å²) in [5, 5.41) is 3.29. The molecule has 2 aromatic carbocycles. The average molecular weight is 439 g/mol. The molecule has 1 aliphatic heterocycles. The van der Waals surface area contributed by atoms with E-state index in [9.17, 15) is 17.6 Å². The number of morpholine rings is 1. The van der Waals surface area contributed by atoms with Crippen LogP contribution in [-0.2, 0) is 25.0 Å². The molecule has 1 aliphatic carbocycles. The number of nitrogens with zero attached hydrogens (tertiary/aromatic N) is 1. The molecule has 9 heteroatoms. The third kappa shape index (κ3) is 3.90. The molecule has 0 atom stereocenters. The second-order valence-corrected chi connectivity index (χ2v) is 9.55. The maximum Gasteiger partial charge on any atom is 0.246 e. The predicted octanol–water partition coefficient (Wildman–Crippen LogP) is 3.17. The first-order valence-electron chi connectivity index (χ1n) is 9.28. The minimum absolute atomic E-state index is 0.163. The fourth-order valence-electron chi connectivity index (χ4n) is 3.51. The van der Waals surface area contributed by atoms with Gasteiger partial charge in [-0.3, -0.25) is 4.79 Å². The Balaban J connectivity index is 1.59. The summed E-state index contributed by atoms with van der Waals surface area (Å²) in [6.45, 7) is 0.853. The van der Waals surface area contributed by atoms with Gasteiger partial charge in [-0.15, -0.1) is 0 Å². The smallest absolute Gasteiger partial charge is 0.246 e. The van der Waals surface area contributed by atoms with Crippen LogP contribution >= 0.6 is 11.6 Å². The van der Waals surface area contributed by atoms with E-state index in [0.29, 0.717) is 17.9 Å². The molecule has 1 amide bonds. The van der Waals surface area contributed by atoms with E-state index < -0.39 is 26.2 Å². The lowest BCUT2D eigenvalue weighted by Gasteiger charge is -2.26. The lowest BCUT2D eigenvalue weighted by Crippen LogP contribution is -2.41. The first kappa shape index (κ1) is 20.3. The van der Waals surface area contributed by atoms with E-state index in [-0.39, 0.29) is 37.9 Å². The number of carbonyl (C=O) groups is 1. The second-order valence-electron chi connectivity index (χ2n) is 7.21. The Morgan fingerprint density at radius 2 is 1.86 bits per heavy atom. The molecule has 0 bridgehead atoms. The zero-order valence-corrected chi connectivity index (χ0v) is 17.1. The molecular weight excluding hydrogens is 419 g/mol. The van der Waals surface area contributed by atoms with E-state index in [0.717, 1.165) is 11.6 Å². The van der Waals surface area contributed by atoms with E-state index in [2.05, 4.69) is 5.32 Å². The van der Waals surface area contributed by atoms with Crippen molar-refractivity contribution in [3.8, 4) is 0 Å². The van der Waals surface area contributed by atoms with Crippen molar-refractivity contribution < 1.29 is 22.3 Å². The number of rotatable bonds is 5. The summed E-state index contributed by atoms with van der Waals surface area (Å²) in [7, 11) is -4.02. The van der Waals surface area contributed by atoms with Gasteiger partial charge in [0.25, 0.3) is 0 Å². The van der Waals surface area contributed by atoms with Crippen LogP contribution in [0.15, 0.2) is 47.4 Å². The molecule has 0 aromatic heterocycles. The summed E-state index contributed by atoms with van der Waals surface area (Å²) >= 11 is 6.05. The molecule has 1 saturated heterocycles. The third-order valence-corrected chi connectivity index (χ3v) is 7.49. The maximum atomic E-state index is 14.3. The molecule has 2 aromatic rings. The molecule has 2 fully saturated rings. The SMILES string of the molecule is O=C(Nc1ccc(F)c(S(=O)(=O)N2CCOCC2)c1)C1(c2cccc(Cl)c2)CC1.